The van der Waals surface area contributed by atoms with Gasteiger partial charge in [0.25, 0.3) is 0 Å². The van der Waals surface area contributed by atoms with Gasteiger partial charge in [0.1, 0.15) is 0 Å². The minimum Gasteiger partial charge on any atom is -0.366 e. The van der Waals surface area contributed by atoms with Crippen LogP contribution in [0.3, 0.4) is 0 Å². The number of hydrogen-bond acceptors (Lipinski definition) is 2. The summed E-state index contributed by atoms with van der Waals surface area (Å²) in [6.45, 7) is 3.29. The molecule has 0 spiro atoms. The number of thiophene rings is 1. The molecular formula is C12H18N2S2. The van der Waals surface area contributed by atoms with Gasteiger partial charge in [-0.25, -0.2) is 0 Å². The fraction of sp³-hybridized carbons (Fsp3) is 0.583. The van der Waals surface area contributed by atoms with Gasteiger partial charge in [0.2, 0.25) is 0 Å². The predicted molar refractivity (Wildman–Crippen MR) is 74.0 cm³/mol. The first-order valence-electron chi connectivity index (χ1n) is 5.82. The van der Waals surface area contributed by atoms with Crippen molar-refractivity contribution in [3.8, 4) is 0 Å². The van der Waals surface area contributed by atoms with Crippen LogP contribution >= 0.6 is 23.6 Å². The van der Waals surface area contributed by atoms with Crippen LogP contribution in [-0.2, 0) is 6.42 Å². The zero-order valence-corrected chi connectivity index (χ0v) is 11.5. The molecule has 0 fully saturated rings. The van der Waals surface area contributed by atoms with Crippen molar-refractivity contribution >= 4 is 28.7 Å². The zero-order chi connectivity index (χ0) is 11.5. The minimum absolute atomic E-state index is 0.486. The van der Waals surface area contributed by atoms with Gasteiger partial charge in [-0.15, -0.1) is 11.3 Å². The quantitative estimate of drug-likeness (QED) is 0.817. The van der Waals surface area contributed by atoms with E-state index in [0.717, 1.165) is 18.1 Å². The van der Waals surface area contributed by atoms with E-state index in [9.17, 15) is 0 Å². The van der Waals surface area contributed by atoms with Gasteiger partial charge in [0.15, 0.2) is 5.11 Å². The van der Waals surface area contributed by atoms with Crippen molar-refractivity contribution in [1.29, 1.82) is 0 Å². The summed E-state index contributed by atoms with van der Waals surface area (Å²) in [5.41, 5.74) is 1.50. The van der Waals surface area contributed by atoms with Crippen LogP contribution in [0.1, 0.15) is 36.2 Å². The Kier molecular flexibility index (Phi) is 3.82. The first-order valence-corrected chi connectivity index (χ1v) is 7.11. The summed E-state index contributed by atoms with van der Waals surface area (Å²) in [5.74, 6) is 0. The molecule has 0 aliphatic carbocycles. The lowest BCUT2D eigenvalue weighted by Gasteiger charge is -2.37. The molecule has 2 heterocycles. The molecule has 1 atom stereocenters. The van der Waals surface area contributed by atoms with Gasteiger partial charge in [0.05, 0.1) is 6.04 Å². The fourth-order valence-corrected chi connectivity index (χ4v) is 3.51. The second kappa shape index (κ2) is 5.15. The lowest BCUT2D eigenvalue weighted by molar-refractivity contribution is 0.282. The normalized spacial score (nSPS) is 19.4. The Morgan fingerprint density at radius 3 is 3.19 bits per heavy atom. The van der Waals surface area contributed by atoms with Gasteiger partial charge in [-0.3, -0.25) is 0 Å². The van der Waals surface area contributed by atoms with Crippen LogP contribution in [0.2, 0.25) is 0 Å². The van der Waals surface area contributed by atoms with Gasteiger partial charge in [-0.1, -0.05) is 13.3 Å². The number of nitrogens with one attached hydrogen (secondary N) is 1. The second-order valence-electron chi connectivity index (χ2n) is 4.10. The molecule has 1 aromatic heterocycles. The number of hydrogen-bond donors (Lipinski definition) is 1. The first kappa shape index (κ1) is 11.9. The van der Waals surface area contributed by atoms with Crippen molar-refractivity contribution in [2.24, 2.45) is 0 Å². The van der Waals surface area contributed by atoms with Gasteiger partial charge in [-0.2, -0.15) is 0 Å². The maximum absolute atomic E-state index is 5.39. The molecule has 1 aliphatic rings. The van der Waals surface area contributed by atoms with E-state index in [1.54, 1.807) is 4.88 Å². The summed E-state index contributed by atoms with van der Waals surface area (Å²) in [6.07, 6.45) is 3.52. The summed E-state index contributed by atoms with van der Waals surface area (Å²) in [4.78, 5) is 3.89. The van der Waals surface area contributed by atoms with Crippen LogP contribution in [0, 0.1) is 0 Å². The Morgan fingerprint density at radius 1 is 1.69 bits per heavy atom. The van der Waals surface area contributed by atoms with Crippen molar-refractivity contribution in [3.05, 3.63) is 21.9 Å². The van der Waals surface area contributed by atoms with Gasteiger partial charge >= 0.3 is 0 Å². The topological polar surface area (TPSA) is 15.3 Å². The van der Waals surface area contributed by atoms with Crippen LogP contribution in [0.15, 0.2) is 11.4 Å². The fourth-order valence-electron chi connectivity index (χ4n) is 2.37. The van der Waals surface area contributed by atoms with E-state index in [0.29, 0.717) is 6.04 Å². The molecule has 0 aromatic carbocycles. The molecular weight excluding hydrogens is 236 g/mol. The third-order valence-corrected chi connectivity index (χ3v) is 4.57. The summed E-state index contributed by atoms with van der Waals surface area (Å²) in [6, 6.07) is 2.75. The lowest BCUT2D eigenvalue weighted by atomic mass is 9.96. The summed E-state index contributed by atoms with van der Waals surface area (Å²) >= 11 is 7.27. The average molecular weight is 254 g/mol. The van der Waals surface area contributed by atoms with E-state index in [2.05, 4.69) is 28.6 Å². The van der Waals surface area contributed by atoms with E-state index in [-0.39, 0.29) is 0 Å². The number of nitrogens with zero attached hydrogens (tertiary/aromatic N) is 1. The monoisotopic (exact) mass is 254 g/mol. The van der Waals surface area contributed by atoms with Crippen LogP contribution in [0.5, 0.6) is 0 Å². The Morgan fingerprint density at radius 2 is 2.50 bits per heavy atom. The second-order valence-corrected chi connectivity index (χ2v) is 5.49. The molecule has 4 heteroatoms. The summed E-state index contributed by atoms with van der Waals surface area (Å²) in [5, 5.41) is 6.20. The molecule has 2 rings (SSSR count). The number of fused-ring (bicyclic) bond motifs is 1. The molecule has 2 nitrogen and oxygen atoms in total. The summed E-state index contributed by atoms with van der Waals surface area (Å²) < 4.78 is 0. The van der Waals surface area contributed by atoms with Crippen molar-refractivity contribution < 1.29 is 0 Å². The molecule has 0 saturated heterocycles. The third-order valence-electron chi connectivity index (χ3n) is 3.13. The Labute approximate surface area is 107 Å². The Balaban J connectivity index is 2.26. The highest BCUT2D eigenvalue weighted by molar-refractivity contribution is 7.80. The van der Waals surface area contributed by atoms with Crippen molar-refractivity contribution in [3.63, 3.8) is 0 Å². The van der Waals surface area contributed by atoms with E-state index >= 15 is 0 Å². The maximum atomic E-state index is 5.39. The van der Waals surface area contributed by atoms with Gasteiger partial charge in [-0.05, 0) is 42.1 Å². The van der Waals surface area contributed by atoms with E-state index in [4.69, 9.17) is 12.2 Å². The van der Waals surface area contributed by atoms with Crippen LogP contribution in [0.25, 0.3) is 0 Å². The maximum Gasteiger partial charge on any atom is 0.169 e. The average Bonchev–Trinajstić information content (AvgIpc) is 2.77. The molecule has 1 aromatic rings. The van der Waals surface area contributed by atoms with Gasteiger partial charge < -0.3 is 10.2 Å². The molecule has 16 heavy (non-hydrogen) atoms. The molecule has 0 radical (unpaired) electrons. The smallest absolute Gasteiger partial charge is 0.169 e. The molecule has 0 amide bonds. The minimum atomic E-state index is 0.486. The standard InChI is InChI=1S/C12H18N2S2/c1-3-4-10-9-6-8-16-11(9)5-7-14(10)12(15)13-2/h6,8,10H,3-5,7H2,1-2H3,(H,13,15)/t10-/m0/s1. The van der Waals surface area contributed by atoms with E-state index in [1.807, 2.05) is 18.4 Å². The van der Waals surface area contributed by atoms with Crippen LogP contribution in [-0.4, -0.2) is 23.6 Å². The largest absolute Gasteiger partial charge is 0.366 e. The van der Waals surface area contributed by atoms with Crippen LogP contribution < -0.4 is 5.32 Å². The molecule has 1 N–H and O–H groups in total. The number of rotatable bonds is 2. The SMILES string of the molecule is CCC[C@H]1c2ccsc2CCN1C(=S)NC. The van der Waals surface area contributed by atoms with Crippen molar-refractivity contribution in [2.45, 2.75) is 32.2 Å². The third kappa shape index (κ3) is 2.09. The highest BCUT2D eigenvalue weighted by Crippen LogP contribution is 2.35. The first-order chi connectivity index (χ1) is 7.77. The van der Waals surface area contributed by atoms with Crippen LogP contribution in [0.4, 0.5) is 0 Å². The predicted octanol–water partition coefficient (Wildman–Crippen LogP) is 2.95. The lowest BCUT2D eigenvalue weighted by Crippen LogP contribution is -2.43. The summed E-state index contributed by atoms with van der Waals surface area (Å²) in [7, 11) is 1.91. The van der Waals surface area contributed by atoms with Crippen molar-refractivity contribution in [1.82, 2.24) is 10.2 Å². The zero-order valence-electron chi connectivity index (χ0n) is 9.82. The highest BCUT2D eigenvalue weighted by Gasteiger charge is 2.28. The number of thiocarbonyl (C=S) groups is 1. The molecule has 1 aliphatic heterocycles. The Bertz CT molecular complexity index is 373. The molecule has 0 unspecified atom stereocenters. The van der Waals surface area contributed by atoms with E-state index in [1.165, 1.54) is 18.4 Å². The van der Waals surface area contributed by atoms with Crippen molar-refractivity contribution in [2.75, 3.05) is 13.6 Å². The molecule has 0 bridgehead atoms. The molecule has 0 saturated carbocycles. The molecule has 88 valence electrons. The Hall–Kier alpha value is -0.610. The highest BCUT2D eigenvalue weighted by atomic mass is 32.1. The van der Waals surface area contributed by atoms with E-state index < -0.39 is 0 Å². The van der Waals surface area contributed by atoms with Gasteiger partial charge in [0, 0.05) is 18.5 Å².